The van der Waals surface area contributed by atoms with Gasteiger partial charge in [0.05, 0.1) is 6.54 Å². The fourth-order valence-corrected chi connectivity index (χ4v) is 3.11. The van der Waals surface area contributed by atoms with Crippen molar-refractivity contribution in [1.29, 1.82) is 0 Å². The maximum absolute atomic E-state index is 11.9. The molecule has 1 aromatic carbocycles. The molecule has 20 heavy (non-hydrogen) atoms. The Hall–Kier alpha value is -1.59. The van der Waals surface area contributed by atoms with Gasteiger partial charge in [-0.05, 0) is 24.3 Å². The van der Waals surface area contributed by atoms with Gasteiger partial charge in [0, 0.05) is 31.0 Å². The molecule has 108 valence electrons. The molecule has 0 spiro atoms. The second kappa shape index (κ2) is 5.81. The van der Waals surface area contributed by atoms with Gasteiger partial charge < -0.3 is 22.6 Å². The van der Waals surface area contributed by atoms with Crippen LogP contribution >= 0.6 is 0 Å². The van der Waals surface area contributed by atoms with E-state index < -0.39 is 0 Å². The number of nitrogens with one attached hydrogen (secondary N) is 3. The fraction of sp³-hybridized carbons (Fsp3) is 0.429. The Morgan fingerprint density at radius 1 is 1.35 bits per heavy atom. The molecule has 6 heteroatoms. The summed E-state index contributed by atoms with van der Waals surface area (Å²) >= 11 is 0. The normalized spacial score (nSPS) is 27.4. The van der Waals surface area contributed by atoms with E-state index in [9.17, 15) is 9.59 Å². The van der Waals surface area contributed by atoms with Crippen LogP contribution in [-0.2, 0) is 9.59 Å². The van der Waals surface area contributed by atoms with Crippen molar-refractivity contribution in [3.8, 4) is 0 Å². The Kier molecular flexibility index (Phi) is 4.30. The second-order valence-electron chi connectivity index (χ2n) is 5.26. The van der Waals surface area contributed by atoms with Crippen LogP contribution in [0.3, 0.4) is 0 Å². The first-order chi connectivity index (χ1) is 9.15. The first kappa shape index (κ1) is 14.8. The van der Waals surface area contributed by atoms with E-state index in [2.05, 4.69) is 10.6 Å². The zero-order valence-electron chi connectivity index (χ0n) is 11.3. The lowest BCUT2D eigenvalue weighted by molar-refractivity contribution is -0.927. The van der Waals surface area contributed by atoms with E-state index in [0.29, 0.717) is 0 Å². The smallest absolute Gasteiger partial charge is 0.283 e. The van der Waals surface area contributed by atoms with Crippen molar-refractivity contribution in [2.45, 2.75) is 32.0 Å². The number of fused-ring (bicyclic) bond motifs is 1. The topological polar surface area (TPSA) is 62.6 Å². The molecule has 0 aliphatic carbocycles. The lowest BCUT2D eigenvalue weighted by atomic mass is 10.1. The molecule has 0 radical (unpaired) electrons. The molecule has 1 aromatic rings. The number of rotatable bonds is 2. The van der Waals surface area contributed by atoms with Crippen LogP contribution < -0.4 is 27.9 Å². The van der Waals surface area contributed by atoms with Crippen molar-refractivity contribution in [2.75, 3.05) is 11.9 Å². The number of quaternary nitrogens is 1. The van der Waals surface area contributed by atoms with Crippen LogP contribution in [0.2, 0.25) is 0 Å². The third-order valence-corrected chi connectivity index (χ3v) is 3.94. The highest BCUT2D eigenvalue weighted by molar-refractivity contribution is 5.88. The molecule has 3 unspecified atom stereocenters. The van der Waals surface area contributed by atoms with Gasteiger partial charge >= 0.3 is 0 Å². The summed E-state index contributed by atoms with van der Waals surface area (Å²) in [4.78, 5) is 24.2. The molecular weight excluding hydrogens is 278 g/mol. The SMILES string of the molecule is CC(=O)Nc1ccc(C2NC(=O)C3CCC[NH+]32)cc1.[Cl-]. The van der Waals surface area contributed by atoms with E-state index in [4.69, 9.17) is 0 Å². The summed E-state index contributed by atoms with van der Waals surface area (Å²) in [5.74, 6) is 0.0931. The number of hydrogen-bond donors (Lipinski definition) is 3. The van der Waals surface area contributed by atoms with Gasteiger partial charge in [0.2, 0.25) is 5.91 Å². The summed E-state index contributed by atoms with van der Waals surface area (Å²) < 4.78 is 0. The maximum Gasteiger partial charge on any atom is 0.283 e. The van der Waals surface area contributed by atoms with Gasteiger partial charge in [0.25, 0.3) is 5.91 Å². The molecule has 5 nitrogen and oxygen atoms in total. The Morgan fingerprint density at radius 3 is 2.70 bits per heavy atom. The summed E-state index contributed by atoms with van der Waals surface area (Å²) in [5, 5.41) is 5.81. The summed E-state index contributed by atoms with van der Waals surface area (Å²) in [7, 11) is 0. The summed E-state index contributed by atoms with van der Waals surface area (Å²) in [6.45, 7) is 2.53. The lowest BCUT2D eigenvalue weighted by Gasteiger charge is -2.19. The molecule has 0 aromatic heterocycles. The summed E-state index contributed by atoms with van der Waals surface area (Å²) in [6, 6.07) is 7.84. The molecule has 2 saturated heterocycles. The predicted octanol–water partition coefficient (Wildman–Crippen LogP) is -3.18. The highest BCUT2D eigenvalue weighted by atomic mass is 35.5. The van der Waals surface area contributed by atoms with Crippen LogP contribution in [-0.4, -0.2) is 24.4 Å². The highest BCUT2D eigenvalue weighted by Crippen LogP contribution is 2.18. The molecule has 2 heterocycles. The summed E-state index contributed by atoms with van der Waals surface area (Å²) in [6.07, 6.45) is 2.17. The molecule has 3 rings (SSSR count). The van der Waals surface area contributed by atoms with E-state index in [0.717, 1.165) is 30.6 Å². The molecule has 2 fully saturated rings. The highest BCUT2D eigenvalue weighted by Gasteiger charge is 2.47. The molecular formula is C14H18ClN3O2. The van der Waals surface area contributed by atoms with E-state index in [1.807, 2.05) is 24.3 Å². The fourth-order valence-electron chi connectivity index (χ4n) is 3.11. The second-order valence-corrected chi connectivity index (χ2v) is 5.26. The largest absolute Gasteiger partial charge is 1.00 e. The van der Waals surface area contributed by atoms with Crippen molar-refractivity contribution in [1.82, 2.24) is 5.32 Å². The quantitative estimate of drug-likeness (QED) is 0.539. The van der Waals surface area contributed by atoms with E-state index >= 15 is 0 Å². The predicted molar refractivity (Wildman–Crippen MR) is 70.5 cm³/mol. The van der Waals surface area contributed by atoms with Crippen molar-refractivity contribution in [3.05, 3.63) is 29.8 Å². The number of anilines is 1. The molecule has 2 aliphatic heterocycles. The van der Waals surface area contributed by atoms with Crippen LogP contribution in [0.5, 0.6) is 0 Å². The zero-order valence-corrected chi connectivity index (χ0v) is 12.0. The molecule has 2 amide bonds. The Balaban J connectivity index is 0.00000147. The minimum Gasteiger partial charge on any atom is -1.00 e. The molecule has 3 N–H and O–H groups in total. The van der Waals surface area contributed by atoms with Gasteiger partial charge in [-0.25, -0.2) is 0 Å². The van der Waals surface area contributed by atoms with E-state index in [1.54, 1.807) is 0 Å². The number of carbonyl (C=O) groups excluding carboxylic acids is 2. The molecule has 2 aliphatic rings. The Bertz CT molecular complexity index is 518. The Labute approximate surface area is 124 Å². The van der Waals surface area contributed by atoms with Gasteiger partial charge in [-0.3, -0.25) is 14.9 Å². The standard InChI is InChI=1S/C14H17N3O2.ClH/c1-9(18)15-11-6-4-10(5-7-11)13-16-14(19)12-3-2-8-17(12)13;/h4-7,12-13H,2-3,8H2,1H3,(H,15,18)(H,16,19);1H. The average Bonchev–Trinajstić information content (AvgIpc) is 2.94. The van der Waals surface area contributed by atoms with Crippen LogP contribution in [0.25, 0.3) is 0 Å². The number of hydrogen-bond acceptors (Lipinski definition) is 2. The average molecular weight is 296 g/mol. The third-order valence-electron chi connectivity index (χ3n) is 3.94. The van der Waals surface area contributed by atoms with Gasteiger partial charge in [0.1, 0.15) is 0 Å². The summed E-state index contributed by atoms with van der Waals surface area (Å²) in [5.41, 5.74) is 1.88. The van der Waals surface area contributed by atoms with Crippen molar-refractivity contribution < 1.29 is 26.9 Å². The van der Waals surface area contributed by atoms with Gasteiger partial charge in [-0.2, -0.15) is 0 Å². The van der Waals surface area contributed by atoms with E-state index in [1.165, 1.54) is 11.8 Å². The zero-order chi connectivity index (χ0) is 13.4. The van der Waals surface area contributed by atoms with Gasteiger partial charge in [-0.15, -0.1) is 0 Å². The van der Waals surface area contributed by atoms with Crippen molar-refractivity contribution >= 4 is 17.5 Å². The molecule has 0 bridgehead atoms. The third kappa shape index (κ3) is 2.64. The minimum atomic E-state index is -0.0767. The van der Waals surface area contributed by atoms with Gasteiger partial charge in [-0.1, -0.05) is 0 Å². The minimum absolute atomic E-state index is 0. The number of amides is 2. The monoisotopic (exact) mass is 295 g/mol. The first-order valence-corrected chi connectivity index (χ1v) is 6.68. The molecule has 3 atom stereocenters. The van der Waals surface area contributed by atoms with Crippen LogP contribution in [0.15, 0.2) is 24.3 Å². The number of carbonyl (C=O) groups is 2. The first-order valence-electron chi connectivity index (χ1n) is 6.68. The van der Waals surface area contributed by atoms with Crippen molar-refractivity contribution in [2.24, 2.45) is 0 Å². The van der Waals surface area contributed by atoms with Gasteiger partial charge in [0.15, 0.2) is 12.2 Å². The lowest BCUT2D eigenvalue weighted by Crippen LogP contribution is -3.12. The van der Waals surface area contributed by atoms with Crippen molar-refractivity contribution in [3.63, 3.8) is 0 Å². The van der Waals surface area contributed by atoms with Crippen LogP contribution in [0, 0.1) is 0 Å². The maximum atomic E-state index is 11.9. The molecule has 0 saturated carbocycles. The van der Waals surface area contributed by atoms with E-state index in [-0.39, 0.29) is 36.4 Å². The number of benzene rings is 1. The Morgan fingerprint density at radius 2 is 2.05 bits per heavy atom. The number of halogens is 1. The van der Waals surface area contributed by atoms with Crippen LogP contribution in [0.1, 0.15) is 31.5 Å². The van der Waals surface area contributed by atoms with Crippen LogP contribution in [0.4, 0.5) is 5.69 Å².